The first-order chi connectivity index (χ1) is 66.4. The number of nitrogens with zero attached hydrogens (tertiary/aromatic N) is 9. The largest absolute Gasteiger partial charge is 0.456 e. The maximum Gasteiger partial charge on any atom is 0.164 e. The van der Waals surface area contributed by atoms with Crippen LogP contribution in [-0.2, 0) is 0 Å². The minimum Gasteiger partial charge on any atom is -0.456 e. The fourth-order valence-corrected chi connectivity index (χ4v) is 22.4. The van der Waals surface area contributed by atoms with Crippen LogP contribution in [0.3, 0.4) is 0 Å². The molecule has 27 aromatic rings. The van der Waals surface area contributed by atoms with Gasteiger partial charge in [-0.15, -0.1) is 34.0 Å². The highest BCUT2D eigenvalue weighted by Crippen LogP contribution is 2.48. The van der Waals surface area contributed by atoms with Crippen LogP contribution in [-0.4, -0.2) is 44.9 Å². The summed E-state index contributed by atoms with van der Waals surface area (Å²) in [5.74, 6) is 5.88. The zero-order chi connectivity index (χ0) is 88.5. The molecule has 0 saturated heterocycles. The van der Waals surface area contributed by atoms with Gasteiger partial charge < -0.3 is 4.42 Å². The molecule has 0 radical (unpaired) electrons. The van der Waals surface area contributed by atoms with Crippen LogP contribution in [0.15, 0.2) is 447 Å². The third kappa shape index (κ3) is 14.7. The average Bonchev–Trinajstić information content (AvgIpc) is 1.59. The van der Waals surface area contributed by atoms with E-state index in [1.165, 1.54) is 120 Å². The van der Waals surface area contributed by atoms with Crippen molar-refractivity contribution in [3.63, 3.8) is 0 Å². The molecule has 0 bridgehead atoms. The van der Waals surface area contributed by atoms with Crippen LogP contribution < -0.4 is 0 Å². The molecule has 0 N–H and O–H groups in total. The molecule has 10 nitrogen and oxygen atoms in total. The van der Waals surface area contributed by atoms with E-state index < -0.39 is 0 Å². The zero-order valence-corrected chi connectivity index (χ0v) is 74.3. The highest BCUT2D eigenvalue weighted by Gasteiger charge is 2.24. The number of aromatic nitrogens is 9. The summed E-state index contributed by atoms with van der Waals surface area (Å²) in [4.78, 5) is 45.7. The Balaban J connectivity index is 0.000000108. The van der Waals surface area contributed by atoms with Crippen LogP contribution in [0, 0.1) is 0 Å². The van der Waals surface area contributed by atoms with E-state index in [0.717, 1.165) is 88.7 Å². The van der Waals surface area contributed by atoms with E-state index in [0.29, 0.717) is 52.4 Å². The first kappa shape index (κ1) is 79.1. The van der Waals surface area contributed by atoms with Gasteiger partial charge in [0.1, 0.15) is 11.2 Å². The molecule has 0 atom stereocenters. The van der Waals surface area contributed by atoms with Gasteiger partial charge in [0.25, 0.3) is 0 Å². The van der Waals surface area contributed by atoms with Crippen molar-refractivity contribution in [1.29, 1.82) is 0 Å². The topological polar surface area (TPSA) is 129 Å². The molecule has 0 aliphatic rings. The molecule has 0 saturated carbocycles. The minimum atomic E-state index is 0.614. The Morgan fingerprint density at radius 3 is 0.806 bits per heavy atom. The van der Waals surface area contributed by atoms with Gasteiger partial charge in [-0.2, -0.15) is 0 Å². The van der Waals surface area contributed by atoms with Gasteiger partial charge in [0.05, 0.1) is 0 Å². The van der Waals surface area contributed by atoms with Crippen molar-refractivity contribution < 1.29 is 4.42 Å². The van der Waals surface area contributed by atoms with Gasteiger partial charge in [-0.05, 0) is 119 Å². The molecular weight excluding hydrogens is 1690 g/mol. The third-order valence-corrected chi connectivity index (χ3v) is 28.8. The van der Waals surface area contributed by atoms with Crippen molar-refractivity contribution in [2.75, 3.05) is 0 Å². The highest BCUT2D eigenvalue weighted by atomic mass is 32.1. The van der Waals surface area contributed by atoms with Gasteiger partial charge in [0, 0.05) is 121 Å². The number of benzene rings is 20. The molecule has 0 amide bonds. The van der Waals surface area contributed by atoms with Crippen molar-refractivity contribution in [2.24, 2.45) is 0 Å². The van der Waals surface area contributed by atoms with Crippen LogP contribution in [0.5, 0.6) is 0 Å². The van der Waals surface area contributed by atoms with Crippen LogP contribution in [0.4, 0.5) is 0 Å². The van der Waals surface area contributed by atoms with Gasteiger partial charge >= 0.3 is 0 Å². The second-order valence-corrected chi connectivity index (χ2v) is 36.5. The van der Waals surface area contributed by atoms with Crippen LogP contribution in [0.2, 0.25) is 0 Å². The number of rotatable bonds is 12. The van der Waals surface area contributed by atoms with E-state index in [2.05, 4.69) is 358 Å². The lowest BCUT2D eigenvalue weighted by Crippen LogP contribution is -2.00. The molecule has 0 unspecified atom stereocenters. The molecule has 27 rings (SSSR count). The Hall–Kier alpha value is -17.1. The van der Waals surface area contributed by atoms with Gasteiger partial charge in [-0.1, -0.05) is 400 Å². The quantitative estimate of drug-likeness (QED) is 0.117. The summed E-state index contributed by atoms with van der Waals surface area (Å²) < 4.78 is 13.7. The van der Waals surface area contributed by atoms with E-state index in [4.69, 9.17) is 49.3 Å². The van der Waals surface area contributed by atoms with Gasteiger partial charge in [-0.25, -0.2) is 44.9 Å². The smallest absolute Gasteiger partial charge is 0.164 e. The molecule has 0 aliphatic carbocycles. The number of hydrogen-bond acceptors (Lipinski definition) is 13. The number of fused-ring (bicyclic) bond motifs is 19. The molecule has 0 fully saturated rings. The predicted molar refractivity (Wildman–Crippen MR) is 561 cm³/mol. The lowest BCUT2D eigenvalue weighted by Gasteiger charge is -2.11. The third-order valence-electron chi connectivity index (χ3n) is 25.2. The minimum absolute atomic E-state index is 0.614. The average molecular weight is 1770 g/mol. The molecule has 626 valence electrons. The standard InChI is InChI=1S/C43H27N3S.C41H25N3S.C37H21N3OS/c1-3-10-28(11-4-1)30-18-22-33(23-19-30)41-44-42(34-24-20-31(21-25-34)29-12-5-2-6-13-29)46-43(45-41)37-16-9-17-38-39(37)36-27-26-32-14-7-8-15-35(32)40(36)47-38;1-2-11-29(12-3-1)39-42-40(30-20-17-27(18-21-30)32-22-19-26-9-4-5-13-31(26)25-32)44-41(43-39)35-15-8-16-36-37(35)34-24-23-28-10-6-7-14-33(28)38(34)45-36;1-2-10-23(11-3-1)35-38-36(24-18-19-27-26-13-6-7-15-30(26)41-31(27)21-24)40-37(39-35)29-14-8-16-32-33(29)28-20-17-22-9-4-5-12-25(22)34(28)42-32/h1-27H;1-25H;1-21H. The Kier molecular flexibility index (Phi) is 19.9. The normalized spacial score (nSPS) is 11.6. The van der Waals surface area contributed by atoms with E-state index in [1.807, 2.05) is 119 Å². The van der Waals surface area contributed by atoms with Crippen molar-refractivity contribution in [3.05, 3.63) is 443 Å². The summed E-state index contributed by atoms with van der Waals surface area (Å²) >= 11 is 5.48. The van der Waals surface area contributed by atoms with Crippen molar-refractivity contribution in [2.45, 2.75) is 0 Å². The molecule has 0 spiro atoms. The maximum absolute atomic E-state index is 6.21. The first-order valence-corrected chi connectivity index (χ1v) is 47.0. The maximum atomic E-state index is 6.21. The molecular formula is C121H73N9OS3. The summed E-state index contributed by atoms with van der Waals surface area (Å²) in [5, 5.41) is 19.4. The lowest BCUT2D eigenvalue weighted by molar-refractivity contribution is 0.669. The van der Waals surface area contributed by atoms with Crippen molar-refractivity contribution >= 4 is 160 Å². The van der Waals surface area contributed by atoms with Crippen molar-refractivity contribution in [1.82, 2.24) is 44.9 Å². The van der Waals surface area contributed by atoms with Crippen LogP contribution in [0.25, 0.3) is 261 Å². The lowest BCUT2D eigenvalue weighted by atomic mass is 10.00. The zero-order valence-electron chi connectivity index (χ0n) is 71.8. The van der Waals surface area contributed by atoms with E-state index >= 15 is 0 Å². The predicted octanol–water partition coefficient (Wildman–Crippen LogP) is 33.2. The van der Waals surface area contributed by atoms with E-state index in [1.54, 1.807) is 0 Å². The number of para-hydroxylation sites is 1. The number of furan rings is 1. The Bertz CT molecular complexity index is 9150. The summed E-state index contributed by atoms with van der Waals surface area (Å²) in [5.41, 5.74) is 17.4. The molecule has 20 aromatic carbocycles. The summed E-state index contributed by atoms with van der Waals surface area (Å²) in [7, 11) is 0. The second-order valence-electron chi connectivity index (χ2n) is 33.3. The first-order valence-electron chi connectivity index (χ1n) is 44.6. The number of thiophene rings is 3. The summed E-state index contributed by atoms with van der Waals surface area (Å²) in [6.07, 6.45) is 0. The fraction of sp³-hybridized carbons (Fsp3) is 0. The Labute approximate surface area is 781 Å². The summed E-state index contributed by atoms with van der Waals surface area (Å²) in [6.45, 7) is 0. The van der Waals surface area contributed by atoms with Crippen molar-refractivity contribution in [3.8, 4) is 136 Å². The highest BCUT2D eigenvalue weighted by molar-refractivity contribution is 7.27. The van der Waals surface area contributed by atoms with Gasteiger partial charge in [0.2, 0.25) is 0 Å². The monoisotopic (exact) mass is 1760 g/mol. The Morgan fingerprint density at radius 1 is 0.149 bits per heavy atom. The fourth-order valence-electron chi connectivity index (χ4n) is 18.6. The molecule has 134 heavy (non-hydrogen) atoms. The number of hydrogen-bond donors (Lipinski definition) is 0. The van der Waals surface area contributed by atoms with Gasteiger partial charge in [-0.3, -0.25) is 0 Å². The molecule has 7 heterocycles. The SMILES string of the molecule is c1ccc(-c2ccc(-c3nc(-c4ccc(-c5ccccc5)cc4)nc(-c4cccc5sc6c7ccccc7ccc6c45)n3)cc2)cc1.c1ccc(-c2nc(-c3ccc(-c4ccc5ccccc5c4)cc3)nc(-c3cccc4sc5c6ccccc6ccc5c34)n2)cc1.c1ccc(-c2nc(-c3ccc4c(c3)oc3ccccc34)nc(-c3cccc4sc5c6ccccc6ccc5c34)n2)cc1. The van der Waals surface area contributed by atoms with E-state index in [9.17, 15) is 0 Å². The second kappa shape index (κ2) is 33.8. The molecule has 7 aromatic heterocycles. The van der Waals surface area contributed by atoms with Crippen LogP contribution >= 0.6 is 34.0 Å². The van der Waals surface area contributed by atoms with Crippen LogP contribution in [0.1, 0.15) is 0 Å². The molecule has 13 heteroatoms. The molecule has 0 aliphatic heterocycles. The summed E-state index contributed by atoms with van der Waals surface area (Å²) in [6, 6.07) is 154. The van der Waals surface area contributed by atoms with E-state index in [-0.39, 0.29) is 0 Å². The Morgan fingerprint density at radius 2 is 0.410 bits per heavy atom. The van der Waals surface area contributed by atoms with Gasteiger partial charge in [0.15, 0.2) is 52.4 Å².